The molecule has 0 atom stereocenters. The van der Waals surface area contributed by atoms with E-state index in [9.17, 15) is 0 Å². The van der Waals surface area contributed by atoms with E-state index in [0.717, 1.165) is 36.4 Å². The minimum Gasteiger partial charge on any atom is -0.355 e. The van der Waals surface area contributed by atoms with Gasteiger partial charge in [0.2, 0.25) is 0 Å². The van der Waals surface area contributed by atoms with Gasteiger partial charge in [-0.1, -0.05) is 11.6 Å². The maximum atomic E-state index is 6.16. The largest absolute Gasteiger partial charge is 0.355 e. The topological polar surface area (TPSA) is 28.2 Å². The van der Waals surface area contributed by atoms with E-state index >= 15 is 0 Å². The van der Waals surface area contributed by atoms with Crippen molar-refractivity contribution in [2.24, 2.45) is 5.92 Å². The van der Waals surface area contributed by atoms with Crippen molar-refractivity contribution in [2.75, 3.05) is 31.6 Å². The molecular weight excluding hydrogens is 234 g/mol. The van der Waals surface area contributed by atoms with Gasteiger partial charge in [-0.2, -0.15) is 0 Å². The Labute approximate surface area is 108 Å². The molecule has 94 valence electrons. The van der Waals surface area contributed by atoms with Crippen molar-refractivity contribution < 1.29 is 0 Å². The SMILES string of the molecule is CNCCC1CCN(c2ncccc2Cl)CC1. The lowest BCUT2D eigenvalue weighted by Crippen LogP contribution is -2.35. The molecule has 0 bridgehead atoms. The van der Waals surface area contributed by atoms with Crippen LogP contribution < -0.4 is 10.2 Å². The average molecular weight is 254 g/mol. The highest BCUT2D eigenvalue weighted by Gasteiger charge is 2.20. The predicted octanol–water partition coefficient (Wildman–Crippen LogP) is 2.56. The summed E-state index contributed by atoms with van der Waals surface area (Å²) in [6.07, 6.45) is 5.58. The summed E-state index contributed by atoms with van der Waals surface area (Å²) in [7, 11) is 2.02. The lowest BCUT2D eigenvalue weighted by atomic mass is 9.93. The molecule has 1 fully saturated rings. The highest BCUT2D eigenvalue weighted by Crippen LogP contribution is 2.28. The summed E-state index contributed by atoms with van der Waals surface area (Å²) in [5.41, 5.74) is 0. The van der Waals surface area contributed by atoms with Gasteiger partial charge in [0.1, 0.15) is 5.82 Å². The fourth-order valence-corrected chi connectivity index (χ4v) is 2.63. The summed E-state index contributed by atoms with van der Waals surface area (Å²) < 4.78 is 0. The molecule has 17 heavy (non-hydrogen) atoms. The molecule has 1 N–H and O–H groups in total. The van der Waals surface area contributed by atoms with E-state index in [1.165, 1.54) is 19.3 Å². The van der Waals surface area contributed by atoms with E-state index in [-0.39, 0.29) is 0 Å². The van der Waals surface area contributed by atoms with Gasteiger partial charge >= 0.3 is 0 Å². The summed E-state index contributed by atoms with van der Waals surface area (Å²) in [6, 6.07) is 3.79. The number of nitrogens with one attached hydrogen (secondary N) is 1. The number of piperidine rings is 1. The van der Waals surface area contributed by atoms with Crippen LogP contribution in [-0.4, -0.2) is 31.7 Å². The normalized spacial score (nSPS) is 17.4. The maximum absolute atomic E-state index is 6.16. The van der Waals surface area contributed by atoms with Crippen LogP contribution in [0.5, 0.6) is 0 Å². The molecule has 0 amide bonds. The van der Waals surface area contributed by atoms with Gasteiger partial charge in [-0.05, 0) is 50.9 Å². The van der Waals surface area contributed by atoms with Crippen molar-refractivity contribution in [3.63, 3.8) is 0 Å². The van der Waals surface area contributed by atoms with Crippen LogP contribution in [0.15, 0.2) is 18.3 Å². The molecule has 2 heterocycles. The zero-order valence-corrected chi connectivity index (χ0v) is 11.1. The Balaban J connectivity index is 1.89. The molecule has 1 aliphatic rings. The van der Waals surface area contributed by atoms with Crippen LogP contribution in [0.4, 0.5) is 5.82 Å². The van der Waals surface area contributed by atoms with Gasteiger partial charge in [0, 0.05) is 19.3 Å². The predicted molar refractivity (Wildman–Crippen MR) is 72.7 cm³/mol. The zero-order chi connectivity index (χ0) is 12.1. The van der Waals surface area contributed by atoms with Crippen LogP contribution in [0.1, 0.15) is 19.3 Å². The number of aromatic nitrogens is 1. The van der Waals surface area contributed by atoms with Gasteiger partial charge < -0.3 is 10.2 Å². The molecule has 2 rings (SSSR count). The number of rotatable bonds is 4. The van der Waals surface area contributed by atoms with Crippen LogP contribution in [0.3, 0.4) is 0 Å². The molecule has 1 saturated heterocycles. The van der Waals surface area contributed by atoms with Crippen LogP contribution in [-0.2, 0) is 0 Å². The van der Waals surface area contributed by atoms with Gasteiger partial charge in [-0.15, -0.1) is 0 Å². The molecule has 0 aromatic carbocycles. The Kier molecular flexibility index (Phi) is 4.63. The number of hydrogen-bond donors (Lipinski definition) is 1. The molecule has 4 heteroatoms. The van der Waals surface area contributed by atoms with E-state index in [1.807, 2.05) is 25.4 Å². The Bertz CT molecular complexity index is 348. The fraction of sp³-hybridized carbons (Fsp3) is 0.615. The molecule has 1 aromatic heterocycles. The summed E-state index contributed by atoms with van der Waals surface area (Å²) in [4.78, 5) is 6.67. The fourth-order valence-electron chi connectivity index (χ4n) is 2.39. The Morgan fingerprint density at radius 3 is 2.88 bits per heavy atom. The van der Waals surface area contributed by atoms with E-state index in [4.69, 9.17) is 11.6 Å². The van der Waals surface area contributed by atoms with E-state index < -0.39 is 0 Å². The van der Waals surface area contributed by atoms with E-state index in [2.05, 4.69) is 15.2 Å². The number of hydrogen-bond acceptors (Lipinski definition) is 3. The minimum atomic E-state index is 0.765. The first-order valence-electron chi connectivity index (χ1n) is 6.31. The van der Waals surface area contributed by atoms with Crippen molar-refractivity contribution in [3.8, 4) is 0 Å². The van der Waals surface area contributed by atoms with E-state index in [0.29, 0.717) is 0 Å². The van der Waals surface area contributed by atoms with Gasteiger partial charge in [0.15, 0.2) is 0 Å². The molecule has 0 radical (unpaired) electrons. The third kappa shape index (κ3) is 3.33. The lowest BCUT2D eigenvalue weighted by molar-refractivity contribution is 0.377. The summed E-state index contributed by atoms with van der Waals surface area (Å²) >= 11 is 6.16. The molecule has 0 spiro atoms. The first-order valence-corrected chi connectivity index (χ1v) is 6.69. The van der Waals surface area contributed by atoms with Crippen molar-refractivity contribution in [2.45, 2.75) is 19.3 Å². The molecule has 0 unspecified atom stereocenters. The van der Waals surface area contributed by atoms with Gasteiger partial charge in [0.25, 0.3) is 0 Å². The highest BCUT2D eigenvalue weighted by atomic mass is 35.5. The molecule has 1 aromatic rings. The summed E-state index contributed by atoms with van der Waals surface area (Å²) in [6.45, 7) is 3.27. The standard InChI is InChI=1S/C13H20ClN3/c1-15-8-4-11-5-9-17(10-6-11)13-12(14)3-2-7-16-13/h2-3,7,11,15H,4-6,8-10H2,1H3. The average Bonchev–Trinajstić information content (AvgIpc) is 2.38. The van der Waals surface area contributed by atoms with Crippen LogP contribution in [0.25, 0.3) is 0 Å². The van der Waals surface area contributed by atoms with Crippen molar-refractivity contribution >= 4 is 17.4 Å². The van der Waals surface area contributed by atoms with Gasteiger partial charge in [-0.3, -0.25) is 0 Å². The Hall–Kier alpha value is -0.800. The number of pyridine rings is 1. The van der Waals surface area contributed by atoms with Gasteiger partial charge in [0.05, 0.1) is 5.02 Å². The second-order valence-electron chi connectivity index (χ2n) is 4.63. The van der Waals surface area contributed by atoms with Crippen molar-refractivity contribution in [1.29, 1.82) is 0 Å². The van der Waals surface area contributed by atoms with Gasteiger partial charge in [-0.25, -0.2) is 4.98 Å². The van der Waals surface area contributed by atoms with Crippen LogP contribution >= 0.6 is 11.6 Å². The molecular formula is C13H20ClN3. The third-order valence-corrected chi connectivity index (χ3v) is 3.75. The summed E-state index contributed by atoms with van der Waals surface area (Å²) in [5, 5.41) is 3.98. The molecule has 0 saturated carbocycles. The molecule has 1 aliphatic heterocycles. The molecule has 3 nitrogen and oxygen atoms in total. The van der Waals surface area contributed by atoms with Crippen molar-refractivity contribution in [3.05, 3.63) is 23.4 Å². The maximum Gasteiger partial charge on any atom is 0.147 e. The van der Waals surface area contributed by atoms with Crippen LogP contribution in [0, 0.1) is 5.92 Å². The number of halogens is 1. The molecule has 0 aliphatic carbocycles. The second kappa shape index (κ2) is 6.22. The first kappa shape index (κ1) is 12.7. The Morgan fingerprint density at radius 1 is 1.47 bits per heavy atom. The zero-order valence-electron chi connectivity index (χ0n) is 10.3. The third-order valence-electron chi connectivity index (χ3n) is 3.46. The summed E-state index contributed by atoms with van der Waals surface area (Å²) in [5.74, 6) is 1.79. The lowest BCUT2D eigenvalue weighted by Gasteiger charge is -2.33. The smallest absolute Gasteiger partial charge is 0.147 e. The second-order valence-corrected chi connectivity index (χ2v) is 5.04. The highest BCUT2D eigenvalue weighted by molar-refractivity contribution is 6.32. The first-order chi connectivity index (χ1) is 8.31. The van der Waals surface area contributed by atoms with Crippen molar-refractivity contribution in [1.82, 2.24) is 10.3 Å². The monoisotopic (exact) mass is 253 g/mol. The number of nitrogens with zero attached hydrogens (tertiary/aromatic N) is 2. The number of anilines is 1. The minimum absolute atomic E-state index is 0.765. The van der Waals surface area contributed by atoms with Crippen LogP contribution in [0.2, 0.25) is 5.02 Å². The van der Waals surface area contributed by atoms with E-state index in [1.54, 1.807) is 0 Å². The quantitative estimate of drug-likeness (QED) is 0.894. The Morgan fingerprint density at radius 2 is 2.24 bits per heavy atom.